The molecule has 0 aliphatic rings. The Kier molecular flexibility index (Phi) is 4.46. The molecule has 1 aromatic carbocycles. The summed E-state index contributed by atoms with van der Waals surface area (Å²) in [4.78, 5) is 21.4. The van der Waals surface area contributed by atoms with Gasteiger partial charge in [0.25, 0.3) is 5.69 Å². The van der Waals surface area contributed by atoms with Crippen molar-refractivity contribution in [2.75, 3.05) is 0 Å². The van der Waals surface area contributed by atoms with Gasteiger partial charge in [0, 0.05) is 11.6 Å². The third kappa shape index (κ3) is 3.52. The molecule has 0 heterocycles. The molecule has 0 unspecified atom stereocenters. The van der Waals surface area contributed by atoms with Crippen LogP contribution in [-0.4, -0.2) is 25.4 Å². The number of esters is 1. The van der Waals surface area contributed by atoms with Gasteiger partial charge < -0.3 is 4.74 Å². The van der Waals surface area contributed by atoms with Crippen molar-refractivity contribution >= 4 is 21.7 Å². The van der Waals surface area contributed by atoms with Crippen molar-refractivity contribution in [2.45, 2.75) is 31.8 Å². The first-order valence-electron chi connectivity index (χ1n) is 5.57. The highest BCUT2D eigenvalue weighted by Crippen LogP contribution is 2.27. The number of nitro benzene ring substituents is 1. The first-order valence-corrected chi connectivity index (χ1v) is 7.11. The van der Waals surface area contributed by atoms with Crippen LogP contribution in [0.5, 0.6) is 0 Å². The van der Waals surface area contributed by atoms with Crippen LogP contribution in [0.4, 0.5) is 5.69 Å². The molecule has 0 aromatic heterocycles. The summed E-state index contributed by atoms with van der Waals surface area (Å²) in [7, 11) is -4.19. The second kappa shape index (κ2) is 5.55. The fourth-order valence-electron chi connectivity index (χ4n) is 1.56. The number of carbonyl (C=O) groups excluding carboxylic acids is 1. The molecular formula is C11H14N2O6S. The Morgan fingerprint density at radius 2 is 1.95 bits per heavy atom. The van der Waals surface area contributed by atoms with Gasteiger partial charge in [0.05, 0.1) is 21.5 Å². The number of nitrogens with zero attached hydrogens (tertiary/aromatic N) is 1. The number of rotatable bonds is 4. The lowest BCUT2D eigenvalue weighted by molar-refractivity contribution is -0.385. The first kappa shape index (κ1) is 16.1. The maximum Gasteiger partial charge on any atom is 0.338 e. The van der Waals surface area contributed by atoms with Crippen molar-refractivity contribution < 1.29 is 22.9 Å². The highest BCUT2D eigenvalue weighted by Gasteiger charge is 2.25. The monoisotopic (exact) mass is 302 g/mol. The van der Waals surface area contributed by atoms with Gasteiger partial charge in [-0.15, -0.1) is 0 Å². The summed E-state index contributed by atoms with van der Waals surface area (Å²) in [5.74, 6) is -0.854. The van der Waals surface area contributed by atoms with Crippen molar-refractivity contribution in [1.82, 2.24) is 0 Å². The fourth-order valence-corrected chi connectivity index (χ4v) is 2.38. The SMILES string of the molecule is Cc1c([N+](=O)[O-])cc(C(=O)OC(C)C)cc1S(N)(=O)=O. The van der Waals surface area contributed by atoms with Gasteiger partial charge in [-0.2, -0.15) is 0 Å². The Balaban J connectivity index is 3.53. The Morgan fingerprint density at radius 1 is 1.40 bits per heavy atom. The van der Waals surface area contributed by atoms with Crippen molar-refractivity contribution in [3.05, 3.63) is 33.4 Å². The van der Waals surface area contributed by atoms with E-state index in [9.17, 15) is 23.3 Å². The quantitative estimate of drug-likeness (QED) is 0.504. The lowest BCUT2D eigenvalue weighted by Gasteiger charge is -2.10. The van der Waals surface area contributed by atoms with Gasteiger partial charge in [-0.05, 0) is 26.8 Å². The number of ether oxygens (including phenoxy) is 1. The number of nitrogens with two attached hydrogens (primary N) is 1. The molecule has 1 aromatic rings. The molecule has 0 bridgehead atoms. The normalized spacial score (nSPS) is 11.4. The number of nitro groups is 1. The molecule has 0 fully saturated rings. The van der Waals surface area contributed by atoms with E-state index in [-0.39, 0.29) is 11.1 Å². The average molecular weight is 302 g/mol. The molecule has 1 rings (SSSR count). The molecule has 0 aliphatic heterocycles. The number of benzene rings is 1. The second-order valence-electron chi connectivity index (χ2n) is 4.37. The Bertz CT molecular complexity index is 666. The van der Waals surface area contributed by atoms with Gasteiger partial charge in [0.1, 0.15) is 0 Å². The first-order chi connectivity index (χ1) is 9.04. The summed E-state index contributed by atoms with van der Waals surface area (Å²) in [6.07, 6.45) is -0.444. The molecule has 0 aliphatic carbocycles. The molecule has 0 saturated carbocycles. The van der Waals surface area contributed by atoms with Gasteiger partial charge in [-0.25, -0.2) is 18.4 Å². The van der Waals surface area contributed by atoms with Gasteiger partial charge in [0.2, 0.25) is 10.0 Å². The minimum atomic E-state index is -4.19. The third-order valence-corrected chi connectivity index (χ3v) is 3.45. The zero-order valence-corrected chi connectivity index (χ0v) is 11.9. The van der Waals surface area contributed by atoms with E-state index < -0.39 is 37.6 Å². The smallest absolute Gasteiger partial charge is 0.338 e. The summed E-state index contributed by atoms with van der Waals surface area (Å²) in [6.45, 7) is 4.44. The molecular weight excluding hydrogens is 288 g/mol. The molecule has 0 spiro atoms. The maximum absolute atomic E-state index is 11.7. The Hall–Kier alpha value is -2.00. The summed E-state index contributed by atoms with van der Waals surface area (Å²) < 4.78 is 27.7. The lowest BCUT2D eigenvalue weighted by Crippen LogP contribution is -2.17. The van der Waals surface area contributed by atoms with E-state index >= 15 is 0 Å². The van der Waals surface area contributed by atoms with E-state index in [0.717, 1.165) is 12.1 Å². The van der Waals surface area contributed by atoms with Crippen LogP contribution >= 0.6 is 0 Å². The van der Waals surface area contributed by atoms with Crippen molar-refractivity contribution in [3.63, 3.8) is 0 Å². The van der Waals surface area contributed by atoms with Crippen molar-refractivity contribution in [1.29, 1.82) is 0 Å². The number of hydrogen-bond donors (Lipinski definition) is 1. The lowest BCUT2D eigenvalue weighted by atomic mass is 10.1. The van der Waals surface area contributed by atoms with Crippen LogP contribution in [0, 0.1) is 17.0 Å². The second-order valence-corrected chi connectivity index (χ2v) is 5.90. The van der Waals surface area contributed by atoms with E-state index in [1.54, 1.807) is 13.8 Å². The van der Waals surface area contributed by atoms with Crippen LogP contribution in [-0.2, 0) is 14.8 Å². The van der Waals surface area contributed by atoms with E-state index in [0.29, 0.717) is 0 Å². The van der Waals surface area contributed by atoms with E-state index in [1.165, 1.54) is 6.92 Å². The number of sulfonamides is 1. The van der Waals surface area contributed by atoms with Crippen LogP contribution in [0.25, 0.3) is 0 Å². The van der Waals surface area contributed by atoms with Crippen LogP contribution in [0.15, 0.2) is 17.0 Å². The minimum absolute atomic E-state index is 0.126. The van der Waals surface area contributed by atoms with Gasteiger partial charge in [0.15, 0.2) is 0 Å². The van der Waals surface area contributed by atoms with E-state index in [4.69, 9.17) is 9.88 Å². The van der Waals surface area contributed by atoms with Gasteiger partial charge in [-0.1, -0.05) is 0 Å². The predicted octanol–water partition coefficient (Wildman–Crippen LogP) is 1.12. The Labute approximate surface area is 115 Å². The largest absolute Gasteiger partial charge is 0.459 e. The van der Waals surface area contributed by atoms with Crippen LogP contribution in [0.2, 0.25) is 0 Å². The molecule has 20 heavy (non-hydrogen) atoms. The predicted molar refractivity (Wildman–Crippen MR) is 69.8 cm³/mol. The minimum Gasteiger partial charge on any atom is -0.459 e. The average Bonchev–Trinajstić information content (AvgIpc) is 2.25. The molecule has 0 atom stereocenters. The number of primary sulfonamides is 1. The third-order valence-electron chi connectivity index (χ3n) is 2.41. The van der Waals surface area contributed by atoms with Crippen molar-refractivity contribution in [3.8, 4) is 0 Å². The standard InChI is InChI=1S/C11H14N2O6S/c1-6(2)19-11(14)8-4-9(13(15)16)7(3)10(5-8)20(12,17)18/h4-6H,1-3H3,(H2,12,17,18). The summed E-state index contributed by atoms with van der Waals surface area (Å²) >= 11 is 0. The maximum atomic E-state index is 11.7. The van der Waals surface area contributed by atoms with E-state index in [1.807, 2.05) is 0 Å². The van der Waals surface area contributed by atoms with Crippen molar-refractivity contribution in [2.24, 2.45) is 5.14 Å². The molecule has 2 N–H and O–H groups in total. The number of hydrogen-bond acceptors (Lipinski definition) is 6. The summed E-state index contributed by atoms with van der Waals surface area (Å²) in [5.41, 5.74) is -0.870. The number of carbonyl (C=O) groups is 1. The highest BCUT2D eigenvalue weighted by molar-refractivity contribution is 7.89. The molecule has 0 amide bonds. The topological polar surface area (TPSA) is 130 Å². The molecule has 0 radical (unpaired) electrons. The van der Waals surface area contributed by atoms with E-state index in [2.05, 4.69) is 0 Å². The summed E-state index contributed by atoms with van der Waals surface area (Å²) in [6, 6.07) is 1.94. The molecule has 110 valence electrons. The summed E-state index contributed by atoms with van der Waals surface area (Å²) in [5, 5.41) is 15.9. The molecule has 0 saturated heterocycles. The molecule has 8 nitrogen and oxygen atoms in total. The molecule has 9 heteroatoms. The zero-order valence-electron chi connectivity index (χ0n) is 11.1. The Morgan fingerprint density at radius 3 is 2.35 bits per heavy atom. The zero-order chi connectivity index (χ0) is 15.7. The van der Waals surface area contributed by atoms with Crippen LogP contribution in [0.3, 0.4) is 0 Å². The highest BCUT2D eigenvalue weighted by atomic mass is 32.2. The van der Waals surface area contributed by atoms with Crippen LogP contribution < -0.4 is 5.14 Å². The van der Waals surface area contributed by atoms with Crippen LogP contribution in [0.1, 0.15) is 29.8 Å². The van der Waals surface area contributed by atoms with Gasteiger partial charge in [-0.3, -0.25) is 10.1 Å². The van der Waals surface area contributed by atoms with Gasteiger partial charge >= 0.3 is 5.97 Å². The fraction of sp³-hybridized carbons (Fsp3) is 0.364.